The van der Waals surface area contributed by atoms with Crippen LogP contribution in [0, 0.1) is 12.3 Å². The van der Waals surface area contributed by atoms with Crippen LogP contribution in [0.3, 0.4) is 0 Å². The molecule has 0 aromatic carbocycles. The Morgan fingerprint density at radius 1 is 1.56 bits per heavy atom. The molecule has 2 rings (SSSR count). The van der Waals surface area contributed by atoms with E-state index in [1.807, 2.05) is 6.92 Å². The molecule has 0 spiro atoms. The highest BCUT2D eigenvalue weighted by molar-refractivity contribution is 7.10. The van der Waals surface area contributed by atoms with Crippen LogP contribution in [0.15, 0.2) is 0 Å². The van der Waals surface area contributed by atoms with Crippen molar-refractivity contribution in [3.8, 4) is 0 Å². The maximum atomic E-state index is 5.72. The molecule has 1 aromatic rings. The van der Waals surface area contributed by atoms with Crippen LogP contribution in [-0.4, -0.2) is 24.6 Å². The quantitative estimate of drug-likeness (QED) is 0.802. The van der Waals surface area contributed by atoms with Crippen molar-refractivity contribution in [2.45, 2.75) is 26.2 Å². The molecule has 1 aliphatic rings. The zero-order chi connectivity index (χ0) is 11.6. The van der Waals surface area contributed by atoms with E-state index < -0.39 is 0 Å². The molecule has 0 unspecified atom stereocenters. The highest BCUT2D eigenvalue weighted by Gasteiger charge is 2.41. The molecule has 5 heteroatoms. The van der Waals surface area contributed by atoms with Gasteiger partial charge in [0.1, 0.15) is 10.8 Å². The molecular weight excluding hydrogens is 222 g/mol. The number of nitrogens with zero attached hydrogens (tertiary/aromatic N) is 1. The van der Waals surface area contributed by atoms with Crippen molar-refractivity contribution in [3.63, 3.8) is 0 Å². The second kappa shape index (κ2) is 4.59. The Balaban J connectivity index is 1.85. The van der Waals surface area contributed by atoms with Crippen LogP contribution in [-0.2, 0) is 4.74 Å². The van der Waals surface area contributed by atoms with E-state index in [4.69, 9.17) is 10.5 Å². The molecule has 16 heavy (non-hydrogen) atoms. The van der Waals surface area contributed by atoms with Gasteiger partial charge in [0.05, 0.1) is 0 Å². The molecule has 1 aliphatic carbocycles. The molecule has 1 saturated carbocycles. The molecule has 1 aromatic heterocycles. The van der Waals surface area contributed by atoms with Crippen LogP contribution in [0.2, 0.25) is 0 Å². The summed E-state index contributed by atoms with van der Waals surface area (Å²) in [7, 11) is 1.76. The molecule has 90 valence electrons. The van der Waals surface area contributed by atoms with Crippen molar-refractivity contribution in [3.05, 3.63) is 5.56 Å². The summed E-state index contributed by atoms with van der Waals surface area (Å²) in [6.07, 6.45) is 3.75. The number of anilines is 2. The molecule has 4 nitrogen and oxygen atoms in total. The molecule has 0 amide bonds. The SMILES string of the molecule is COCCC1(CNc2snc(N)c2C)CC1. The Bertz CT molecular complexity index is 360. The molecule has 1 heterocycles. The molecule has 0 saturated heterocycles. The topological polar surface area (TPSA) is 60.2 Å². The number of hydrogen-bond acceptors (Lipinski definition) is 5. The third-order valence-corrected chi connectivity index (χ3v) is 4.30. The summed E-state index contributed by atoms with van der Waals surface area (Å²) in [6.45, 7) is 3.88. The summed E-state index contributed by atoms with van der Waals surface area (Å²) in [6, 6.07) is 0. The minimum absolute atomic E-state index is 0.460. The highest BCUT2D eigenvalue weighted by atomic mass is 32.1. The Hall–Kier alpha value is -0.810. The largest absolute Gasteiger partial charge is 0.385 e. The zero-order valence-corrected chi connectivity index (χ0v) is 10.7. The first kappa shape index (κ1) is 11.7. The van der Waals surface area contributed by atoms with Gasteiger partial charge >= 0.3 is 0 Å². The minimum Gasteiger partial charge on any atom is -0.385 e. The number of nitrogen functional groups attached to an aromatic ring is 1. The van der Waals surface area contributed by atoms with Crippen molar-refractivity contribution in [2.24, 2.45) is 5.41 Å². The van der Waals surface area contributed by atoms with Gasteiger partial charge in [-0.05, 0) is 43.1 Å². The Morgan fingerprint density at radius 2 is 2.31 bits per heavy atom. The third kappa shape index (κ3) is 2.47. The average molecular weight is 241 g/mol. The summed E-state index contributed by atoms with van der Waals surface area (Å²) in [5, 5.41) is 4.58. The van der Waals surface area contributed by atoms with Crippen molar-refractivity contribution in [2.75, 3.05) is 31.3 Å². The molecule has 3 N–H and O–H groups in total. The normalized spacial score (nSPS) is 17.4. The van der Waals surface area contributed by atoms with Gasteiger partial charge in [-0.2, -0.15) is 4.37 Å². The van der Waals surface area contributed by atoms with Crippen LogP contribution < -0.4 is 11.1 Å². The predicted molar refractivity (Wildman–Crippen MR) is 67.9 cm³/mol. The summed E-state index contributed by atoms with van der Waals surface area (Å²) >= 11 is 1.45. The number of nitrogens with two attached hydrogens (primary N) is 1. The van der Waals surface area contributed by atoms with E-state index in [9.17, 15) is 0 Å². The summed E-state index contributed by atoms with van der Waals surface area (Å²) < 4.78 is 9.27. The van der Waals surface area contributed by atoms with E-state index in [1.54, 1.807) is 7.11 Å². The maximum Gasteiger partial charge on any atom is 0.142 e. The van der Waals surface area contributed by atoms with Crippen molar-refractivity contribution < 1.29 is 4.74 Å². The molecule has 0 aliphatic heterocycles. The van der Waals surface area contributed by atoms with Crippen LogP contribution in [0.5, 0.6) is 0 Å². The fourth-order valence-corrected chi connectivity index (χ4v) is 2.50. The monoisotopic (exact) mass is 241 g/mol. The maximum absolute atomic E-state index is 5.72. The molecular formula is C11H19N3OS. The van der Waals surface area contributed by atoms with Crippen LogP contribution in [0.25, 0.3) is 0 Å². The highest BCUT2D eigenvalue weighted by Crippen LogP contribution is 2.49. The first-order valence-corrected chi connectivity index (χ1v) is 6.39. The van der Waals surface area contributed by atoms with E-state index in [0.29, 0.717) is 11.2 Å². The number of ether oxygens (including phenoxy) is 1. The summed E-state index contributed by atoms with van der Waals surface area (Å²) in [5.74, 6) is 0.647. The predicted octanol–water partition coefficient (Wildman–Crippen LogP) is 2.26. The lowest BCUT2D eigenvalue weighted by molar-refractivity contribution is 0.175. The summed E-state index contributed by atoms with van der Waals surface area (Å²) in [5.41, 5.74) is 7.25. The van der Waals surface area contributed by atoms with E-state index >= 15 is 0 Å². The number of aromatic nitrogens is 1. The fraction of sp³-hybridized carbons (Fsp3) is 0.727. The van der Waals surface area contributed by atoms with E-state index in [2.05, 4.69) is 9.69 Å². The van der Waals surface area contributed by atoms with Gasteiger partial charge < -0.3 is 15.8 Å². The van der Waals surface area contributed by atoms with Gasteiger partial charge in [-0.25, -0.2) is 0 Å². The van der Waals surface area contributed by atoms with Gasteiger partial charge in [0.15, 0.2) is 0 Å². The Labute approximate surface area is 100 Å². The zero-order valence-electron chi connectivity index (χ0n) is 9.88. The standard InChI is InChI=1S/C11H19N3OS/c1-8-9(12)14-16-10(8)13-7-11(3-4-11)5-6-15-2/h13H,3-7H2,1-2H3,(H2,12,14). The van der Waals surface area contributed by atoms with Crippen molar-refractivity contribution in [1.29, 1.82) is 0 Å². The van der Waals surface area contributed by atoms with Gasteiger partial charge in [-0.1, -0.05) is 0 Å². The molecule has 0 atom stereocenters. The number of methoxy groups -OCH3 is 1. The van der Waals surface area contributed by atoms with Gasteiger partial charge in [0.25, 0.3) is 0 Å². The number of hydrogen-bond donors (Lipinski definition) is 2. The fourth-order valence-electron chi connectivity index (χ4n) is 1.79. The molecule has 1 fully saturated rings. The van der Waals surface area contributed by atoms with Gasteiger partial charge in [-0.15, -0.1) is 0 Å². The van der Waals surface area contributed by atoms with E-state index in [1.165, 1.54) is 24.4 Å². The first-order chi connectivity index (χ1) is 7.67. The Kier molecular flexibility index (Phi) is 3.35. The second-order valence-corrected chi connectivity index (χ2v) is 5.39. The van der Waals surface area contributed by atoms with Gasteiger partial charge in [-0.3, -0.25) is 0 Å². The van der Waals surface area contributed by atoms with Gasteiger partial charge in [0.2, 0.25) is 0 Å². The average Bonchev–Trinajstić information content (AvgIpc) is 2.99. The summed E-state index contributed by atoms with van der Waals surface area (Å²) in [4.78, 5) is 0. The van der Waals surface area contributed by atoms with Crippen molar-refractivity contribution >= 4 is 22.4 Å². The van der Waals surface area contributed by atoms with Crippen LogP contribution in [0.4, 0.5) is 10.8 Å². The lowest BCUT2D eigenvalue weighted by Gasteiger charge is -2.15. The third-order valence-electron chi connectivity index (χ3n) is 3.38. The smallest absolute Gasteiger partial charge is 0.142 e. The second-order valence-electron chi connectivity index (χ2n) is 4.62. The molecule has 0 bridgehead atoms. The Morgan fingerprint density at radius 3 is 2.81 bits per heavy atom. The lowest BCUT2D eigenvalue weighted by Crippen LogP contribution is -2.17. The lowest BCUT2D eigenvalue weighted by atomic mass is 10.0. The van der Waals surface area contributed by atoms with Gasteiger partial charge in [0, 0.05) is 25.8 Å². The van der Waals surface area contributed by atoms with E-state index in [0.717, 1.165) is 30.1 Å². The van der Waals surface area contributed by atoms with Crippen LogP contribution >= 0.6 is 11.5 Å². The van der Waals surface area contributed by atoms with E-state index in [-0.39, 0.29) is 0 Å². The first-order valence-electron chi connectivity index (χ1n) is 5.61. The number of nitrogens with one attached hydrogen (secondary N) is 1. The molecule has 0 radical (unpaired) electrons. The van der Waals surface area contributed by atoms with Crippen molar-refractivity contribution in [1.82, 2.24) is 4.37 Å². The number of rotatable bonds is 6. The minimum atomic E-state index is 0.460. The van der Waals surface area contributed by atoms with Crippen LogP contribution in [0.1, 0.15) is 24.8 Å².